The van der Waals surface area contributed by atoms with Crippen molar-refractivity contribution in [1.82, 2.24) is 15.1 Å². The second-order valence-corrected chi connectivity index (χ2v) is 6.93. The number of nitrogens with zero attached hydrogens (tertiary/aromatic N) is 3. The number of benzene rings is 1. The number of aliphatic imine (C=N–C) groups is 1. The summed E-state index contributed by atoms with van der Waals surface area (Å²) in [7, 11) is 6.12. The van der Waals surface area contributed by atoms with Crippen molar-refractivity contribution in [2.75, 3.05) is 40.8 Å². The lowest BCUT2D eigenvalue weighted by atomic mass is 9.94. The average Bonchev–Trinajstić information content (AvgIpc) is 2.55. The van der Waals surface area contributed by atoms with E-state index in [9.17, 15) is 0 Å². The predicted molar refractivity (Wildman–Crippen MR) is 115 cm³/mol. The van der Waals surface area contributed by atoms with E-state index >= 15 is 0 Å². The van der Waals surface area contributed by atoms with E-state index in [-0.39, 0.29) is 24.0 Å². The molecule has 136 valence electrons. The maximum atomic E-state index is 5.94. The fraction of sp³-hybridized carbons (Fsp3) is 0.611. The first kappa shape index (κ1) is 21.5. The summed E-state index contributed by atoms with van der Waals surface area (Å²) < 4.78 is 0. The highest BCUT2D eigenvalue weighted by Gasteiger charge is 2.16. The molecule has 0 aromatic heterocycles. The molecule has 0 saturated carbocycles. The number of guanidine groups is 1. The molecule has 24 heavy (non-hydrogen) atoms. The third kappa shape index (κ3) is 7.15. The molecule has 0 unspecified atom stereocenters. The van der Waals surface area contributed by atoms with Gasteiger partial charge in [-0.05, 0) is 63.0 Å². The van der Waals surface area contributed by atoms with Crippen molar-refractivity contribution in [3.05, 3.63) is 34.9 Å². The molecule has 1 aromatic carbocycles. The van der Waals surface area contributed by atoms with Crippen LogP contribution >= 0.6 is 35.6 Å². The van der Waals surface area contributed by atoms with Crippen LogP contribution in [0.4, 0.5) is 0 Å². The van der Waals surface area contributed by atoms with Crippen LogP contribution in [0.3, 0.4) is 0 Å². The molecule has 1 aliphatic heterocycles. The molecule has 2 rings (SSSR count). The Morgan fingerprint density at radius 3 is 2.50 bits per heavy atom. The Hall–Kier alpha value is -0.530. The minimum Gasteiger partial charge on any atom is -0.356 e. The van der Waals surface area contributed by atoms with Gasteiger partial charge in [0.25, 0.3) is 0 Å². The van der Waals surface area contributed by atoms with Crippen LogP contribution in [-0.4, -0.2) is 56.5 Å². The Morgan fingerprint density at radius 1 is 1.29 bits per heavy atom. The van der Waals surface area contributed by atoms with Crippen LogP contribution in [-0.2, 0) is 6.54 Å². The van der Waals surface area contributed by atoms with Crippen LogP contribution in [0.5, 0.6) is 0 Å². The van der Waals surface area contributed by atoms with E-state index in [2.05, 4.69) is 46.3 Å². The summed E-state index contributed by atoms with van der Waals surface area (Å²) in [5.41, 5.74) is 1.23. The Bertz CT molecular complexity index is 498. The molecule has 0 radical (unpaired) electrons. The summed E-state index contributed by atoms with van der Waals surface area (Å²) in [4.78, 5) is 8.96. The minimum absolute atomic E-state index is 0. The van der Waals surface area contributed by atoms with E-state index in [0.717, 1.165) is 30.0 Å². The van der Waals surface area contributed by atoms with Gasteiger partial charge in [-0.2, -0.15) is 0 Å². The first-order chi connectivity index (χ1) is 11.1. The third-order valence-corrected chi connectivity index (χ3v) is 4.83. The van der Waals surface area contributed by atoms with E-state index in [1.807, 2.05) is 19.2 Å². The average molecular weight is 465 g/mol. The number of hydrogen-bond acceptors (Lipinski definition) is 2. The highest BCUT2D eigenvalue weighted by atomic mass is 127. The Balaban J connectivity index is 0.00000288. The van der Waals surface area contributed by atoms with E-state index in [1.165, 1.54) is 37.9 Å². The molecule has 1 aromatic rings. The van der Waals surface area contributed by atoms with Gasteiger partial charge in [0.1, 0.15) is 0 Å². The second kappa shape index (κ2) is 11.2. The number of piperidine rings is 1. The minimum atomic E-state index is 0. The molecule has 1 aliphatic rings. The van der Waals surface area contributed by atoms with Crippen molar-refractivity contribution in [1.29, 1.82) is 0 Å². The Labute approximate surface area is 168 Å². The highest BCUT2D eigenvalue weighted by Crippen LogP contribution is 2.18. The van der Waals surface area contributed by atoms with Gasteiger partial charge in [-0.1, -0.05) is 23.7 Å². The quantitative estimate of drug-likeness (QED) is 0.409. The zero-order chi connectivity index (χ0) is 16.7. The van der Waals surface area contributed by atoms with Crippen LogP contribution in [0.1, 0.15) is 24.8 Å². The van der Waals surface area contributed by atoms with Crippen LogP contribution in [0.25, 0.3) is 0 Å². The molecule has 4 nitrogen and oxygen atoms in total. The van der Waals surface area contributed by atoms with Crippen molar-refractivity contribution < 1.29 is 0 Å². The molecule has 0 bridgehead atoms. The van der Waals surface area contributed by atoms with Gasteiger partial charge in [-0.3, -0.25) is 4.99 Å². The van der Waals surface area contributed by atoms with Crippen molar-refractivity contribution in [2.45, 2.75) is 25.8 Å². The molecule has 0 aliphatic carbocycles. The first-order valence-corrected chi connectivity index (χ1v) is 8.81. The lowest BCUT2D eigenvalue weighted by Crippen LogP contribution is -2.40. The maximum Gasteiger partial charge on any atom is 0.193 e. The molecule has 1 heterocycles. The Morgan fingerprint density at radius 2 is 1.92 bits per heavy atom. The van der Waals surface area contributed by atoms with Gasteiger partial charge in [0.05, 0.1) is 0 Å². The molecular formula is C18H30ClIN4. The fourth-order valence-electron chi connectivity index (χ4n) is 3.06. The summed E-state index contributed by atoms with van der Waals surface area (Å²) in [5, 5.41) is 4.27. The summed E-state index contributed by atoms with van der Waals surface area (Å²) in [6.45, 7) is 4.28. The molecule has 6 heteroatoms. The van der Waals surface area contributed by atoms with Crippen molar-refractivity contribution >= 4 is 41.5 Å². The Kier molecular flexibility index (Phi) is 10.0. The van der Waals surface area contributed by atoms with Gasteiger partial charge in [0.15, 0.2) is 5.96 Å². The monoisotopic (exact) mass is 464 g/mol. The molecule has 1 N–H and O–H groups in total. The van der Waals surface area contributed by atoms with E-state index in [4.69, 9.17) is 11.6 Å². The van der Waals surface area contributed by atoms with Crippen molar-refractivity contribution in [3.8, 4) is 0 Å². The second-order valence-electron chi connectivity index (χ2n) is 6.49. The highest BCUT2D eigenvalue weighted by molar-refractivity contribution is 14.0. The standard InChI is InChI=1S/C18H29ClN4.HI/c1-20-18(21-11-8-15-9-12-22(2)13-10-15)23(3)14-16-4-6-17(19)7-5-16;/h4-7,15H,8-14H2,1-3H3,(H,20,21);1H. The first-order valence-electron chi connectivity index (χ1n) is 8.43. The fourth-order valence-corrected chi connectivity index (χ4v) is 3.19. The SMILES string of the molecule is CN=C(NCCC1CCN(C)CC1)N(C)Cc1ccc(Cl)cc1.I. The van der Waals surface area contributed by atoms with Gasteiger partial charge < -0.3 is 15.1 Å². The van der Waals surface area contributed by atoms with E-state index in [0.29, 0.717) is 0 Å². The van der Waals surface area contributed by atoms with Crippen molar-refractivity contribution in [3.63, 3.8) is 0 Å². The normalized spacial score (nSPS) is 16.6. The summed E-state index contributed by atoms with van der Waals surface area (Å²) in [6.07, 6.45) is 3.86. The lowest BCUT2D eigenvalue weighted by Gasteiger charge is -2.29. The van der Waals surface area contributed by atoms with Crippen LogP contribution in [0.15, 0.2) is 29.3 Å². The lowest BCUT2D eigenvalue weighted by molar-refractivity contribution is 0.212. The van der Waals surface area contributed by atoms with Crippen LogP contribution < -0.4 is 5.32 Å². The number of nitrogens with one attached hydrogen (secondary N) is 1. The zero-order valence-corrected chi connectivity index (χ0v) is 18.1. The number of likely N-dealkylation sites (tertiary alicyclic amines) is 1. The van der Waals surface area contributed by atoms with E-state index < -0.39 is 0 Å². The number of halogens is 2. The summed E-state index contributed by atoms with van der Waals surface area (Å²) >= 11 is 5.94. The third-order valence-electron chi connectivity index (χ3n) is 4.58. The molecular weight excluding hydrogens is 435 g/mol. The number of hydrogen-bond donors (Lipinski definition) is 1. The summed E-state index contributed by atoms with van der Waals surface area (Å²) in [6, 6.07) is 7.98. The molecule has 0 amide bonds. The maximum absolute atomic E-state index is 5.94. The topological polar surface area (TPSA) is 30.9 Å². The van der Waals surface area contributed by atoms with Crippen LogP contribution in [0, 0.1) is 5.92 Å². The van der Waals surface area contributed by atoms with Gasteiger partial charge in [0.2, 0.25) is 0 Å². The van der Waals surface area contributed by atoms with Gasteiger partial charge in [0, 0.05) is 32.2 Å². The smallest absolute Gasteiger partial charge is 0.193 e. The van der Waals surface area contributed by atoms with E-state index in [1.54, 1.807) is 0 Å². The van der Waals surface area contributed by atoms with Crippen molar-refractivity contribution in [2.24, 2.45) is 10.9 Å². The van der Waals surface area contributed by atoms with Crippen LogP contribution in [0.2, 0.25) is 5.02 Å². The predicted octanol–water partition coefficient (Wildman–Crippen LogP) is 3.70. The van der Waals surface area contributed by atoms with Gasteiger partial charge in [-0.15, -0.1) is 24.0 Å². The van der Waals surface area contributed by atoms with Gasteiger partial charge >= 0.3 is 0 Å². The van der Waals surface area contributed by atoms with Gasteiger partial charge in [-0.25, -0.2) is 0 Å². The summed E-state index contributed by atoms with van der Waals surface area (Å²) in [5.74, 6) is 1.80. The number of rotatable bonds is 5. The molecule has 1 saturated heterocycles. The zero-order valence-electron chi connectivity index (χ0n) is 15.0. The molecule has 1 fully saturated rings. The molecule has 0 atom stereocenters. The molecule has 0 spiro atoms. The largest absolute Gasteiger partial charge is 0.356 e.